The largest absolute Gasteiger partial charge is 0.468 e. The number of dihydropyridines is 1. The third-order valence-corrected chi connectivity index (χ3v) is 6.86. The Balaban J connectivity index is 1.58. The van der Waals surface area contributed by atoms with Crippen LogP contribution in [0.1, 0.15) is 49.0 Å². The molecule has 7 heteroatoms. The zero-order valence-corrected chi connectivity index (χ0v) is 19.0. The van der Waals surface area contributed by atoms with Crippen LogP contribution in [0.3, 0.4) is 0 Å². The topological polar surface area (TPSA) is 95.1 Å². The molecule has 4 rings (SSSR count). The molecule has 0 saturated heterocycles. The van der Waals surface area contributed by atoms with Gasteiger partial charge in [-0.15, -0.1) is 0 Å². The molecule has 164 valence electrons. The van der Waals surface area contributed by atoms with Gasteiger partial charge in [0.15, 0.2) is 5.78 Å². The lowest BCUT2D eigenvalue weighted by Crippen LogP contribution is -2.31. The van der Waals surface area contributed by atoms with Crippen molar-refractivity contribution in [2.45, 2.75) is 45.4 Å². The average Bonchev–Trinajstić information content (AvgIpc) is 3.32. The number of Topliss-reactive ketones (excluding diaryl/α,β-unsaturated/α-hetero) is 1. The van der Waals surface area contributed by atoms with E-state index in [-0.39, 0.29) is 17.4 Å². The predicted octanol–water partition coefficient (Wildman–Crippen LogP) is 4.95. The van der Waals surface area contributed by atoms with Crippen LogP contribution in [0, 0.1) is 18.3 Å². The number of nitrogens with zero attached hydrogens (tertiary/aromatic N) is 1. The normalized spacial score (nSPS) is 18.2. The fraction of sp³-hybridized carbons (Fsp3) is 0.320. The first-order valence-electron chi connectivity index (χ1n) is 10.8. The van der Waals surface area contributed by atoms with E-state index < -0.39 is 5.92 Å². The number of hydrogen-bond donors (Lipinski definition) is 2. The number of amides is 1. The first-order chi connectivity index (χ1) is 15.5. The van der Waals surface area contributed by atoms with Crippen molar-refractivity contribution >= 4 is 29.1 Å². The van der Waals surface area contributed by atoms with E-state index >= 15 is 0 Å². The molecular weight excluding hydrogens is 422 g/mol. The van der Waals surface area contributed by atoms with Gasteiger partial charge in [0.1, 0.15) is 5.76 Å². The number of allylic oxidation sites excluding steroid dienone is 3. The lowest BCUT2D eigenvalue weighted by molar-refractivity contribution is -0.116. The van der Waals surface area contributed by atoms with Gasteiger partial charge in [-0.25, -0.2) is 0 Å². The minimum Gasteiger partial charge on any atom is -0.468 e. The van der Waals surface area contributed by atoms with E-state index in [0.29, 0.717) is 28.4 Å². The Bertz CT molecular complexity index is 1160. The second-order valence-electron chi connectivity index (χ2n) is 7.90. The molecule has 32 heavy (non-hydrogen) atoms. The fourth-order valence-corrected chi connectivity index (χ4v) is 5.15. The summed E-state index contributed by atoms with van der Waals surface area (Å²) in [7, 11) is 0. The Labute approximate surface area is 191 Å². The standard InChI is InChI=1S/C25H25N3O3S/c1-3-16-8-4-7-15(2)24(16)28-21(30)14-32-25-17(13-26)22(20-11-6-12-31-20)23-18(27-25)9-5-10-19(23)29/h4,6-8,11-12,22,27H,3,5,9-10,14H2,1-2H3,(H,28,30)/t22-/m0/s1. The molecule has 1 aliphatic carbocycles. The van der Waals surface area contributed by atoms with Gasteiger partial charge in [-0.2, -0.15) is 5.26 Å². The maximum Gasteiger partial charge on any atom is 0.234 e. The van der Waals surface area contributed by atoms with Gasteiger partial charge in [0.05, 0.1) is 34.6 Å². The molecule has 0 saturated carbocycles. The SMILES string of the molecule is CCc1cccc(C)c1NC(=O)CSC1=C(C#N)[C@@H](c2ccco2)C2=C(CCCC2=O)N1. The van der Waals surface area contributed by atoms with Crippen LogP contribution >= 0.6 is 11.8 Å². The van der Waals surface area contributed by atoms with Crippen LogP contribution in [0.5, 0.6) is 0 Å². The van der Waals surface area contributed by atoms with E-state index in [4.69, 9.17) is 4.42 Å². The van der Waals surface area contributed by atoms with Gasteiger partial charge in [-0.3, -0.25) is 9.59 Å². The summed E-state index contributed by atoms with van der Waals surface area (Å²) in [6.45, 7) is 4.03. The number of carbonyl (C=O) groups excluding carboxylic acids is 2. The molecule has 2 heterocycles. The van der Waals surface area contributed by atoms with E-state index in [2.05, 4.69) is 23.6 Å². The van der Waals surface area contributed by atoms with Crippen molar-refractivity contribution in [1.29, 1.82) is 5.26 Å². The summed E-state index contributed by atoms with van der Waals surface area (Å²) >= 11 is 1.28. The highest BCUT2D eigenvalue weighted by molar-refractivity contribution is 8.03. The number of furan rings is 1. The van der Waals surface area contributed by atoms with E-state index in [1.165, 1.54) is 11.8 Å². The van der Waals surface area contributed by atoms with Gasteiger partial charge in [0.25, 0.3) is 0 Å². The van der Waals surface area contributed by atoms with Crippen LogP contribution in [0.2, 0.25) is 0 Å². The lowest BCUT2D eigenvalue weighted by atomic mass is 9.79. The van der Waals surface area contributed by atoms with Crippen molar-refractivity contribution < 1.29 is 14.0 Å². The number of benzene rings is 1. The quantitative estimate of drug-likeness (QED) is 0.650. The highest BCUT2D eigenvalue weighted by Gasteiger charge is 2.38. The maximum atomic E-state index is 12.8. The third-order valence-electron chi connectivity index (χ3n) is 5.84. The van der Waals surface area contributed by atoms with Crippen molar-refractivity contribution in [3.8, 4) is 6.07 Å². The zero-order chi connectivity index (χ0) is 22.7. The van der Waals surface area contributed by atoms with Crippen LogP contribution in [0.25, 0.3) is 0 Å². The summed E-state index contributed by atoms with van der Waals surface area (Å²) < 4.78 is 5.61. The molecule has 1 aromatic heterocycles. The highest BCUT2D eigenvalue weighted by atomic mass is 32.2. The number of nitriles is 1. The van der Waals surface area contributed by atoms with Crippen LogP contribution < -0.4 is 10.6 Å². The Morgan fingerprint density at radius 1 is 1.31 bits per heavy atom. The molecule has 2 aliphatic rings. The first kappa shape index (κ1) is 22.0. The summed E-state index contributed by atoms with van der Waals surface area (Å²) in [6, 6.07) is 11.8. The summed E-state index contributed by atoms with van der Waals surface area (Å²) in [6.07, 6.45) is 4.34. The Hall–Kier alpha value is -3.24. The number of rotatable bonds is 6. The number of para-hydroxylation sites is 1. The van der Waals surface area contributed by atoms with Gasteiger partial charge in [-0.05, 0) is 49.4 Å². The minimum atomic E-state index is -0.535. The van der Waals surface area contributed by atoms with Crippen molar-refractivity contribution in [2.75, 3.05) is 11.1 Å². The van der Waals surface area contributed by atoms with Crippen molar-refractivity contribution in [3.63, 3.8) is 0 Å². The molecule has 0 radical (unpaired) electrons. The molecule has 1 atom stereocenters. The van der Waals surface area contributed by atoms with Crippen LogP contribution in [0.4, 0.5) is 5.69 Å². The third kappa shape index (κ3) is 4.23. The molecule has 2 aromatic rings. The summed E-state index contributed by atoms with van der Waals surface area (Å²) in [4.78, 5) is 25.5. The van der Waals surface area contributed by atoms with Crippen LogP contribution in [-0.2, 0) is 16.0 Å². The number of carbonyl (C=O) groups is 2. The van der Waals surface area contributed by atoms with E-state index in [1.54, 1.807) is 18.4 Å². The number of thioether (sulfide) groups is 1. The van der Waals surface area contributed by atoms with Gasteiger partial charge in [0, 0.05) is 23.4 Å². The molecule has 6 nitrogen and oxygen atoms in total. The van der Waals surface area contributed by atoms with Gasteiger partial charge in [-0.1, -0.05) is 36.9 Å². The van der Waals surface area contributed by atoms with Crippen molar-refractivity contribution in [2.24, 2.45) is 0 Å². The van der Waals surface area contributed by atoms with Crippen LogP contribution in [-0.4, -0.2) is 17.4 Å². The summed E-state index contributed by atoms with van der Waals surface area (Å²) in [5.74, 6) is 0.0846. The molecule has 0 bridgehead atoms. The van der Waals surface area contributed by atoms with E-state index in [0.717, 1.165) is 41.8 Å². The number of aryl methyl sites for hydroxylation is 2. The highest BCUT2D eigenvalue weighted by Crippen LogP contribution is 2.44. The lowest BCUT2D eigenvalue weighted by Gasteiger charge is -2.32. The fourth-order valence-electron chi connectivity index (χ4n) is 4.29. The second kappa shape index (κ2) is 9.49. The summed E-state index contributed by atoms with van der Waals surface area (Å²) in [5.41, 5.74) is 4.81. The molecule has 1 amide bonds. The van der Waals surface area contributed by atoms with Crippen LogP contribution in [0.15, 0.2) is 62.9 Å². The summed E-state index contributed by atoms with van der Waals surface area (Å²) in [5, 5.41) is 16.9. The Morgan fingerprint density at radius 3 is 2.88 bits per heavy atom. The molecular formula is C25H25N3O3S. The minimum absolute atomic E-state index is 0.0429. The molecule has 2 N–H and O–H groups in total. The number of nitrogens with one attached hydrogen (secondary N) is 2. The van der Waals surface area contributed by atoms with E-state index in [1.807, 2.05) is 25.1 Å². The second-order valence-corrected chi connectivity index (χ2v) is 8.88. The first-order valence-corrected chi connectivity index (χ1v) is 11.7. The molecule has 0 unspecified atom stereocenters. The monoisotopic (exact) mass is 447 g/mol. The molecule has 0 fully saturated rings. The molecule has 1 aromatic carbocycles. The smallest absolute Gasteiger partial charge is 0.234 e. The van der Waals surface area contributed by atoms with Crippen molar-refractivity contribution in [3.05, 3.63) is 75.4 Å². The van der Waals surface area contributed by atoms with Gasteiger partial charge < -0.3 is 15.1 Å². The average molecular weight is 448 g/mol. The van der Waals surface area contributed by atoms with E-state index in [9.17, 15) is 14.9 Å². The Kier molecular flexibility index (Phi) is 6.52. The van der Waals surface area contributed by atoms with Crippen molar-refractivity contribution in [1.82, 2.24) is 5.32 Å². The zero-order valence-electron chi connectivity index (χ0n) is 18.2. The maximum absolute atomic E-state index is 12.8. The van der Waals surface area contributed by atoms with Gasteiger partial charge in [0.2, 0.25) is 5.91 Å². The number of ketones is 1. The Morgan fingerprint density at radius 2 is 2.16 bits per heavy atom. The number of anilines is 1. The molecule has 0 spiro atoms. The van der Waals surface area contributed by atoms with Gasteiger partial charge >= 0.3 is 0 Å². The number of hydrogen-bond acceptors (Lipinski definition) is 6. The molecule has 1 aliphatic heterocycles. The predicted molar refractivity (Wildman–Crippen MR) is 125 cm³/mol.